The molecule has 1 aliphatic heterocycles. The monoisotopic (exact) mass is 376 g/mol. The molecule has 0 spiro atoms. The van der Waals surface area contributed by atoms with Crippen molar-refractivity contribution in [3.8, 4) is 0 Å². The number of nitrogens with one attached hydrogen (secondary N) is 2. The Kier molecular flexibility index (Phi) is 5.63. The summed E-state index contributed by atoms with van der Waals surface area (Å²) in [6.45, 7) is 4.46. The summed E-state index contributed by atoms with van der Waals surface area (Å²) in [5.74, 6) is 0. The van der Waals surface area contributed by atoms with Crippen LogP contribution in [0.2, 0.25) is 0 Å². The van der Waals surface area contributed by atoms with Crippen molar-refractivity contribution in [3.63, 3.8) is 0 Å². The van der Waals surface area contributed by atoms with Crippen LogP contribution in [0.5, 0.6) is 0 Å². The van der Waals surface area contributed by atoms with Gasteiger partial charge in [0.15, 0.2) is 0 Å². The number of carbonyl (C=O) groups is 1. The number of carbonyl (C=O) groups excluding carboxylic acids is 1. The molecule has 0 radical (unpaired) electrons. The van der Waals surface area contributed by atoms with Crippen molar-refractivity contribution < 1.29 is 4.79 Å². The van der Waals surface area contributed by atoms with E-state index in [0.29, 0.717) is 13.1 Å². The van der Waals surface area contributed by atoms with Crippen molar-refractivity contribution in [1.29, 1.82) is 0 Å². The Morgan fingerprint density at radius 2 is 1.79 bits per heavy atom. The largest absolute Gasteiger partial charge is 0.361 e. The molecule has 5 heteroatoms. The van der Waals surface area contributed by atoms with Crippen molar-refractivity contribution in [3.05, 3.63) is 71.4 Å². The van der Waals surface area contributed by atoms with E-state index < -0.39 is 0 Å². The summed E-state index contributed by atoms with van der Waals surface area (Å²) in [5, 5.41) is 4.21. The quantitative estimate of drug-likeness (QED) is 0.680. The third-order valence-electron chi connectivity index (χ3n) is 5.58. The lowest BCUT2D eigenvalue weighted by molar-refractivity contribution is 0.206. The maximum Gasteiger partial charge on any atom is 0.317 e. The normalized spacial score (nSPS) is 14.5. The summed E-state index contributed by atoms with van der Waals surface area (Å²) in [4.78, 5) is 20.1. The topological polar surface area (TPSA) is 51.4 Å². The number of hydrogen-bond donors (Lipinski definition) is 2. The molecule has 5 nitrogen and oxygen atoms in total. The van der Waals surface area contributed by atoms with Crippen molar-refractivity contribution in [1.82, 2.24) is 20.1 Å². The average molecular weight is 377 g/mol. The lowest BCUT2D eigenvalue weighted by Gasteiger charge is -2.22. The average Bonchev–Trinajstić information content (AvgIpc) is 3.39. The molecule has 3 aromatic rings. The van der Waals surface area contributed by atoms with Crippen molar-refractivity contribution in [2.24, 2.45) is 0 Å². The molecule has 0 aliphatic carbocycles. The van der Waals surface area contributed by atoms with Crippen molar-refractivity contribution >= 4 is 16.9 Å². The Morgan fingerprint density at radius 3 is 2.61 bits per heavy atom. The van der Waals surface area contributed by atoms with Gasteiger partial charge in [-0.2, -0.15) is 0 Å². The molecule has 1 fully saturated rings. The first-order valence-electron chi connectivity index (χ1n) is 10.0. The van der Waals surface area contributed by atoms with Gasteiger partial charge in [-0.25, -0.2) is 4.79 Å². The number of hydrogen-bond acceptors (Lipinski definition) is 2. The second-order valence-electron chi connectivity index (χ2n) is 7.62. The van der Waals surface area contributed by atoms with Gasteiger partial charge in [0.25, 0.3) is 0 Å². The number of likely N-dealkylation sites (tertiary alicyclic amines) is 1. The number of fused-ring (bicyclic) bond motifs is 1. The van der Waals surface area contributed by atoms with E-state index in [1.165, 1.54) is 37.1 Å². The van der Waals surface area contributed by atoms with Gasteiger partial charge in [-0.3, -0.25) is 4.90 Å². The van der Waals surface area contributed by atoms with E-state index in [1.807, 2.05) is 25.4 Å². The molecule has 2 aromatic carbocycles. The van der Waals surface area contributed by atoms with Crippen molar-refractivity contribution in [2.75, 3.05) is 20.1 Å². The minimum absolute atomic E-state index is 0.0523. The van der Waals surface area contributed by atoms with E-state index in [4.69, 9.17) is 0 Å². The molecule has 28 heavy (non-hydrogen) atoms. The van der Waals surface area contributed by atoms with Gasteiger partial charge in [0, 0.05) is 43.8 Å². The maximum atomic E-state index is 12.6. The van der Waals surface area contributed by atoms with Gasteiger partial charge < -0.3 is 15.2 Å². The van der Waals surface area contributed by atoms with Gasteiger partial charge in [-0.1, -0.05) is 36.4 Å². The Bertz CT molecular complexity index is 942. The fourth-order valence-electron chi connectivity index (χ4n) is 3.99. The summed E-state index contributed by atoms with van der Waals surface area (Å²) in [6, 6.07) is 16.6. The summed E-state index contributed by atoms with van der Waals surface area (Å²) in [5.41, 5.74) is 4.76. The van der Waals surface area contributed by atoms with Crippen LogP contribution in [-0.4, -0.2) is 41.0 Å². The lowest BCUT2D eigenvalue weighted by Crippen LogP contribution is -2.36. The van der Waals surface area contributed by atoms with Crippen molar-refractivity contribution in [2.45, 2.75) is 32.5 Å². The molecule has 0 unspecified atom stereocenters. The molecule has 2 heterocycles. The molecule has 4 rings (SSSR count). The lowest BCUT2D eigenvalue weighted by atomic mass is 10.1. The first-order valence-corrected chi connectivity index (χ1v) is 10.0. The Balaban J connectivity index is 1.37. The zero-order valence-corrected chi connectivity index (χ0v) is 16.4. The molecular weight excluding hydrogens is 348 g/mol. The van der Waals surface area contributed by atoms with E-state index in [0.717, 1.165) is 23.0 Å². The highest BCUT2D eigenvalue weighted by molar-refractivity contribution is 5.83. The standard InChI is InChI=1S/C23H28N4O/c1-26(16-19-7-2-3-8-20(19)17-27-13-4-5-14-27)23(28)25-15-18-9-6-10-22-21(18)11-12-24-22/h2-3,6-12,24H,4-5,13-17H2,1H3,(H,25,28). The van der Waals surface area contributed by atoms with Gasteiger partial charge in [0.2, 0.25) is 0 Å². The number of aromatic amines is 1. The van der Waals surface area contributed by atoms with Crippen LogP contribution in [0.25, 0.3) is 10.9 Å². The molecule has 146 valence electrons. The van der Waals surface area contributed by atoms with E-state index in [-0.39, 0.29) is 6.03 Å². The third kappa shape index (κ3) is 4.20. The number of benzene rings is 2. The van der Waals surface area contributed by atoms with Gasteiger partial charge in [0.05, 0.1) is 0 Å². The minimum atomic E-state index is -0.0523. The smallest absolute Gasteiger partial charge is 0.317 e. The van der Waals surface area contributed by atoms with E-state index >= 15 is 0 Å². The first-order chi connectivity index (χ1) is 13.7. The van der Waals surface area contributed by atoms with Gasteiger partial charge in [-0.15, -0.1) is 0 Å². The summed E-state index contributed by atoms with van der Waals surface area (Å²) >= 11 is 0. The van der Waals surface area contributed by atoms with Crippen LogP contribution in [-0.2, 0) is 19.6 Å². The summed E-state index contributed by atoms with van der Waals surface area (Å²) < 4.78 is 0. The molecule has 1 aromatic heterocycles. The second-order valence-corrected chi connectivity index (χ2v) is 7.62. The molecule has 0 atom stereocenters. The number of urea groups is 1. The Morgan fingerprint density at radius 1 is 1.04 bits per heavy atom. The predicted octanol–water partition coefficient (Wildman–Crippen LogP) is 4.11. The maximum absolute atomic E-state index is 12.6. The molecule has 1 saturated heterocycles. The zero-order chi connectivity index (χ0) is 19.3. The summed E-state index contributed by atoms with van der Waals surface area (Å²) in [7, 11) is 1.86. The molecule has 2 N–H and O–H groups in total. The van der Waals surface area contributed by atoms with E-state index in [9.17, 15) is 4.79 Å². The summed E-state index contributed by atoms with van der Waals surface area (Å²) in [6.07, 6.45) is 4.51. The van der Waals surface area contributed by atoms with Crippen LogP contribution >= 0.6 is 0 Å². The molecule has 1 aliphatic rings. The van der Waals surface area contributed by atoms with Gasteiger partial charge in [0.1, 0.15) is 0 Å². The Hall–Kier alpha value is -2.79. The third-order valence-corrected chi connectivity index (χ3v) is 5.58. The predicted molar refractivity (Wildman–Crippen MR) is 113 cm³/mol. The molecule has 0 saturated carbocycles. The van der Waals surface area contributed by atoms with Crippen LogP contribution in [0.3, 0.4) is 0 Å². The van der Waals surface area contributed by atoms with Crippen LogP contribution in [0.1, 0.15) is 29.5 Å². The Labute approximate surface area is 166 Å². The number of rotatable bonds is 6. The fourth-order valence-corrected chi connectivity index (χ4v) is 3.99. The number of amides is 2. The van der Waals surface area contributed by atoms with Crippen LogP contribution < -0.4 is 5.32 Å². The highest BCUT2D eigenvalue weighted by atomic mass is 16.2. The van der Waals surface area contributed by atoms with Crippen LogP contribution in [0.4, 0.5) is 4.79 Å². The van der Waals surface area contributed by atoms with Crippen LogP contribution in [0.15, 0.2) is 54.7 Å². The molecular formula is C23H28N4O. The zero-order valence-electron chi connectivity index (χ0n) is 16.4. The molecule has 2 amide bonds. The fraction of sp³-hybridized carbons (Fsp3) is 0.348. The molecule has 0 bridgehead atoms. The van der Waals surface area contributed by atoms with Gasteiger partial charge in [-0.05, 0) is 54.8 Å². The highest BCUT2D eigenvalue weighted by Gasteiger charge is 2.16. The van der Waals surface area contributed by atoms with Gasteiger partial charge >= 0.3 is 6.03 Å². The second kappa shape index (κ2) is 8.48. The minimum Gasteiger partial charge on any atom is -0.361 e. The van der Waals surface area contributed by atoms with E-state index in [2.05, 4.69) is 51.6 Å². The van der Waals surface area contributed by atoms with Crippen LogP contribution in [0, 0.1) is 0 Å². The van der Waals surface area contributed by atoms with E-state index in [1.54, 1.807) is 4.90 Å². The number of H-pyrrole nitrogens is 1. The number of aromatic nitrogens is 1. The first kappa shape index (κ1) is 18.6. The number of nitrogens with zero attached hydrogens (tertiary/aromatic N) is 2. The highest BCUT2D eigenvalue weighted by Crippen LogP contribution is 2.19. The SMILES string of the molecule is CN(Cc1ccccc1CN1CCCC1)C(=O)NCc1cccc2[nH]ccc12.